The van der Waals surface area contributed by atoms with Gasteiger partial charge in [-0.15, -0.1) is 0 Å². The van der Waals surface area contributed by atoms with E-state index in [4.69, 9.17) is 20.5 Å². The predicted molar refractivity (Wildman–Crippen MR) is 80.6 cm³/mol. The highest BCUT2D eigenvalue weighted by Gasteiger charge is 2.09. The SMILES string of the molecule is COc1ccc(C#N)cc1COc1c(N)cccc1Br. The van der Waals surface area contributed by atoms with Gasteiger partial charge in [0.25, 0.3) is 0 Å². The van der Waals surface area contributed by atoms with E-state index >= 15 is 0 Å². The van der Waals surface area contributed by atoms with Crippen LogP contribution < -0.4 is 15.2 Å². The second-order valence-electron chi connectivity index (χ2n) is 4.09. The first-order valence-corrected chi connectivity index (χ1v) is 6.69. The lowest BCUT2D eigenvalue weighted by Crippen LogP contribution is -2.02. The third kappa shape index (κ3) is 3.03. The summed E-state index contributed by atoms with van der Waals surface area (Å²) in [5, 5.41) is 8.94. The van der Waals surface area contributed by atoms with Crippen LogP contribution in [0.3, 0.4) is 0 Å². The zero-order valence-electron chi connectivity index (χ0n) is 10.9. The number of hydrogen-bond acceptors (Lipinski definition) is 4. The van der Waals surface area contributed by atoms with Crippen LogP contribution in [0.2, 0.25) is 0 Å². The highest BCUT2D eigenvalue weighted by Crippen LogP contribution is 2.32. The molecule has 0 aliphatic carbocycles. The standard InChI is InChI=1S/C15H13BrN2O2/c1-19-14-6-5-10(8-17)7-11(14)9-20-15-12(16)3-2-4-13(15)18/h2-7H,9,18H2,1H3. The van der Waals surface area contributed by atoms with Crippen molar-refractivity contribution in [3.05, 3.63) is 52.0 Å². The van der Waals surface area contributed by atoms with Crippen molar-refractivity contribution >= 4 is 21.6 Å². The first-order valence-electron chi connectivity index (χ1n) is 5.89. The molecule has 20 heavy (non-hydrogen) atoms. The van der Waals surface area contributed by atoms with Gasteiger partial charge in [-0.25, -0.2) is 0 Å². The molecule has 2 rings (SSSR count). The lowest BCUT2D eigenvalue weighted by Gasteiger charge is -2.13. The van der Waals surface area contributed by atoms with Gasteiger partial charge >= 0.3 is 0 Å². The normalized spacial score (nSPS) is 9.85. The molecule has 0 saturated carbocycles. The highest BCUT2D eigenvalue weighted by atomic mass is 79.9. The summed E-state index contributed by atoms with van der Waals surface area (Å²) in [5.74, 6) is 1.26. The van der Waals surface area contributed by atoms with Gasteiger partial charge in [-0.1, -0.05) is 6.07 Å². The van der Waals surface area contributed by atoms with Gasteiger partial charge in [-0.2, -0.15) is 5.26 Å². The van der Waals surface area contributed by atoms with Gasteiger partial charge in [0.15, 0.2) is 5.75 Å². The van der Waals surface area contributed by atoms with E-state index in [0.29, 0.717) is 22.7 Å². The topological polar surface area (TPSA) is 68.3 Å². The Kier molecular flexibility index (Phi) is 4.49. The minimum Gasteiger partial charge on any atom is -0.496 e. The van der Waals surface area contributed by atoms with Crippen molar-refractivity contribution in [2.75, 3.05) is 12.8 Å². The lowest BCUT2D eigenvalue weighted by molar-refractivity contribution is 0.296. The number of methoxy groups -OCH3 is 1. The number of nitrogen functional groups attached to an aromatic ring is 1. The van der Waals surface area contributed by atoms with Crippen LogP contribution >= 0.6 is 15.9 Å². The molecular weight excluding hydrogens is 320 g/mol. The van der Waals surface area contributed by atoms with Gasteiger partial charge in [0.1, 0.15) is 12.4 Å². The zero-order chi connectivity index (χ0) is 14.5. The maximum absolute atomic E-state index is 8.94. The molecule has 0 spiro atoms. The minimum absolute atomic E-state index is 0.269. The number of ether oxygens (including phenoxy) is 2. The van der Waals surface area contributed by atoms with Crippen LogP contribution in [-0.2, 0) is 6.61 Å². The fraction of sp³-hybridized carbons (Fsp3) is 0.133. The summed E-state index contributed by atoms with van der Waals surface area (Å²) in [7, 11) is 1.58. The molecule has 0 aromatic heterocycles. The third-order valence-electron chi connectivity index (χ3n) is 2.78. The maximum atomic E-state index is 8.94. The second-order valence-corrected chi connectivity index (χ2v) is 4.94. The molecule has 0 radical (unpaired) electrons. The van der Waals surface area contributed by atoms with Crippen LogP contribution in [0.25, 0.3) is 0 Å². The van der Waals surface area contributed by atoms with Crippen LogP contribution in [0, 0.1) is 11.3 Å². The molecule has 0 bridgehead atoms. The van der Waals surface area contributed by atoms with Crippen LogP contribution in [0.1, 0.15) is 11.1 Å². The molecule has 0 saturated heterocycles. The number of nitriles is 1. The Morgan fingerprint density at radius 3 is 2.75 bits per heavy atom. The summed E-state index contributed by atoms with van der Waals surface area (Å²) in [6.45, 7) is 0.269. The van der Waals surface area contributed by atoms with Crippen LogP contribution in [0.5, 0.6) is 11.5 Å². The molecule has 102 valence electrons. The van der Waals surface area contributed by atoms with Crippen molar-refractivity contribution in [1.29, 1.82) is 5.26 Å². The van der Waals surface area contributed by atoms with Gasteiger partial charge in [-0.05, 0) is 46.3 Å². The Morgan fingerprint density at radius 2 is 2.10 bits per heavy atom. The number of anilines is 1. The van der Waals surface area contributed by atoms with Gasteiger partial charge in [0, 0.05) is 5.56 Å². The van der Waals surface area contributed by atoms with E-state index in [1.807, 2.05) is 12.1 Å². The van der Waals surface area contributed by atoms with Crippen molar-refractivity contribution in [2.24, 2.45) is 0 Å². The summed E-state index contributed by atoms with van der Waals surface area (Å²) in [6, 6.07) is 12.7. The number of benzene rings is 2. The lowest BCUT2D eigenvalue weighted by atomic mass is 10.1. The molecular formula is C15H13BrN2O2. The number of nitrogens with two attached hydrogens (primary N) is 1. The number of para-hydroxylation sites is 1. The summed E-state index contributed by atoms with van der Waals surface area (Å²) >= 11 is 3.40. The molecule has 0 unspecified atom stereocenters. The molecule has 5 heteroatoms. The molecule has 2 aromatic rings. The fourth-order valence-electron chi connectivity index (χ4n) is 1.79. The molecule has 2 aromatic carbocycles. The maximum Gasteiger partial charge on any atom is 0.156 e. The average Bonchev–Trinajstić information content (AvgIpc) is 2.46. The Morgan fingerprint density at radius 1 is 1.30 bits per heavy atom. The Bertz CT molecular complexity index is 645. The highest BCUT2D eigenvalue weighted by molar-refractivity contribution is 9.10. The van der Waals surface area contributed by atoms with Crippen molar-refractivity contribution < 1.29 is 9.47 Å². The number of halogens is 1. The van der Waals surface area contributed by atoms with E-state index < -0.39 is 0 Å². The quantitative estimate of drug-likeness (QED) is 0.870. The van der Waals surface area contributed by atoms with E-state index in [9.17, 15) is 0 Å². The Balaban J connectivity index is 2.25. The fourth-order valence-corrected chi connectivity index (χ4v) is 2.28. The van der Waals surface area contributed by atoms with Gasteiger partial charge < -0.3 is 15.2 Å². The van der Waals surface area contributed by atoms with E-state index in [2.05, 4.69) is 22.0 Å². The van der Waals surface area contributed by atoms with Gasteiger partial charge in [0.2, 0.25) is 0 Å². The van der Waals surface area contributed by atoms with E-state index in [0.717, 1.165) is 10.0 Å². The van der Waals surface area contributed by atoms with Crippen LogP contribution in [-0.4, -0.2) is 7.11 Å². The van der Waals surface area contributed by atoms with Crippen molar-refractivity contribution in [2.45, 2.75) is 6.61 Å². The smallest absolute Gasteiger partial charge is 0.156 e. The molecule has 0 amide bonds. The van der Waals surface area contributed by atoms with Crippen LogP contribution in [0.15, 0.2) is 40.9 Å². The molecule has 2 N–H and O–H groups in total. The Labute approximate surface area is 125 Å². The first kappa shape index (κ1) is 14.2. The van der Waals surface area contributed by atoms with Gasteiger partial charge in [0.05, 0.1) is 28.9 Å². The summed E-state index contributed by atoms with van der Waals surface area (Å²) in [6.07, 6.45) is 0. The van der Waals surface area contributed by atoms with Crippen LogP contribution in [0.4, 0.5) is 5.69 Å². The van der Waals surface area contributed by atoms with Gasteiger partial charge in [-0.3, -0.25) is 0 Å². The molecule has 4 nitrogen and oxygen atoms in total. The Hall–Kier alpha value is -2.19. The van der Waals surface area contributed by atoms with E-state index in [-0.39, 0.29) is 6.61 Å². The largest absolute Gasteiger partial charge is 0.496 e. The van der Waals surface area contributed by atoms with Crippen molar-refractivity contribution in [3.8, 4) is 17.6 Å². The zero-order valence-corrected chi connectivity index (χ0v) is 12.5. The molecule has 0 fully saturated rings. The van der Waals surface area contributed by atoms with E-state index in [1.165, 1.54) is 0 Å². The second kappa shape index (κ2) is 6.31. The number of rotatable bonds is 4. The monoisotopic (exact) mass is 332 g/mol. The molecule has 0 heterocycles. The van der Waals surface area contributed by atoms with Crippen molar-refractivity contribution in [1.82, 2.24) is 0 Å². The third-order valence-corrected chi connectivity index (χ3v) is 3.40. The number of nitrogens with zero attached hydrogens (tertiary/aromatic N) is 1. The minimum atomic E-state index is 0.269. The molecule has 0 aliphatic heterocycles. The molecule has 0 aliphatic rings. The summed E-state index contributed by atoms with van der Waals surface area (Å²) in [4.78, 5) is 0. The first-order chi connectivity index (χ1) is 9.65. The van der Waals surface area contributed by atoms with E-state index in [1.54, 1.807) is 31.4 Å². The average molecular weight is 333 g/mol. The van der Waals surface area contributed by atoms with Crippen molar-refractivity contribution in [3.63, 3.8) is 0 Å². The predicted octanol–water partition coefficient (Wildman–Crippen LogP) is 3.49. The summed E-state index contributed by atoms with van der Waals surface area (Å²) < 4.78 is 11.8. The summed E-state index contributed by atoms with van der Waals surface area (Å²) in [5.41, 5.74) is 7.78. The number of hydrogen-bond donors (Lipinski definition) is 1. The molecule has 0 atom stereocenters.